The van der Waals surface area contributed by atoms with Crippen molar-refractivity contribution in [2.75, 3.05) is 11.9 Å². The molecular weight excluding hydrogens is 298 g/mol. The zero-order chi connectivity index (χ0) is 8.81. The highest BCUT2D eigenvalue weighted by atomic mass is 79.9. The predicted octanol–water partition coefficient (Wildman–Crippen LogP) is 2.39. The van der Waals surface area contributed by atoms with Crippen LogP contribution in [0.5, 0.6) is 0 Å². The highest BCUT2D eigenvalue weighted by Crippen LogP contribution is 1.97. The molecule has 0 bridgehead atoms. The number of benzene rings is 1. The third-order valence-electron chi connectivity index (χ3n) is 1.42. The minimum absolute atomic E-state index is 0. The smallest absolute Gasteiger partial charge is 0.251 e. The number of amides is 1. The predicted molar refractivity (Wildman–Crippen MR) is 62.9 cm³/mol. The summed E-state index contributed by atoms with van der Waals surface area (Å²) < 4.78 is 0. The summed E-state index contributed by atoms with van der Waals surface area (Å²) in [6.07, 6.45) is 0. The van der Waals surface area contributed by atoms with Gasteiger partial charge in [0.2, 0.25) is 0 Å². The maximum Gasteiger partial charge on any atom is 0.251 e. The van der Waals surface area contributed by atoms with Gasteiger partial charge in [0.15, 0.2) is 0 Å². The van der Waals surface area contributed by atoms with Gasteiger partial charge in [0.1, 0.15) is 0 Å². The Hall–Kier alpha value is -0.350. The Labute approximate surface area is 96.6 Å². The van der Waals surface area contributed by atoms with Crippen molar-refractivity contribution in [3.8, 4) is 0 Å². The molecule has 0 aliphatic heterocycles. The van der Waals surface area contributed by atoms with Crippen LogP contribution >= 0.6 is 32.9 Å². The molecule has 0 atom stereocenters. The van der Waals surface area contributed by atoms with Crippen molar-refractivity contribution in [1.29, 1.82) is 0 Å². The molecule has 0 saturated heterocycles. The molecule has 1 amide bonds. The SMILES string of the molecule is Br.O=C(NCCBr)c1ccccc1. The van der Waals surface area contributed by atoms with Crippen LogP contribution in [0.1, 0.15) is 10.4 Å². The van der Waals surface area contributed by atoms with Crippen molar-refractivity contribution in [3.63, 3.8) is 0 Å². The Bertz CT molecular complexity index is 251. The Morgan fingerprint density at radius 2 is 1.92 bits per heavy atom. The third-order valence-corrected chi connectivity index (χ3v) is 1.81. The monoisotopic (exact) mass is 307 g/mol. The summed E-state index contributed by atoms with van der Waals surface area (Å²) in [5, 5.41) is 3.55. The second-order valence-electron chi connectivity index (χ2n) is 2.31. The molecule has 72 valence electrons. The number of carbonyl (C=O) groups excluding carboxylic acids is 1. The highest BCUT2D eigenvalue weighted by Gasteiger charge is 2.01. The van der Waals surface area contributed by atoms with E-state index in [4.69, 9.17) is 0 Å². The van der Waals surface area contributed by atoms with Crippen LogP contribution in [0.3, 0.4) is 0 Å². The fourth-order valence-corrected chi connectivity index (χ4v) is 1.05. The van der Waals surface area contributed by atoms with Gasteiger partial charge in [-0.15, -0.1) is 17.0 Å². The Morgan fingerprint density at radius 1 is 1.31 bits per heavy atom. The lowest BCUT2D eigenvalue weighted by Gasteiger charge is -2.01. The standard InChI is InChI=1S/C9H10BrNO.BrH/c10-6-7-11-9(12)8-4-2-1-3-5-8;/h1-5H,6-7H2,(H,11,12);1H. The summed E-state index contributed by atoms with van der Waals surface area (Å²) in [6.45, 7) is 0.660. The van der Waals surface area contributed by atoms with Crippen LogP contribution in [-0.2, 0) is 0 Å². The molecule has 0 aromatic heterocycles. The van der Waals surface area contributed by atoms with Gasteiger partial charge in [-0.2, -0.15) is 0 Å². The number of carbonyl (C=O) groups is 1. The molecule has 1 aromatic rings. The highest BCUT2D eigenvalue weighted by molar-refractivity contribution is 9.09. The zero-order valence-corrected chi connectivity index (χ0v) is 10.3. The Kier molecular flexibility index (Phi) is 6.90. The van der Waals surface area contributed by atoms with Crippen molar-refractivity contribution in [1.82, 2.24) is 5.32 Å². The van der Waals surface area contributed by atoms with Crippen molar-refractivity contribution < 1.29 is 4.79 Å². The molecule has 0 unspecified atom stereocenters. The Morgan fingerprint density at radius 3 is 2.46 bits per heavy atom. The largest absolute Gasteiger partial charge is 0.351 e. The van der Waals surface area contributed by atoms with E-state index in [0.29, 0.717) is 12.1 Å². The Balaban J connectivity index is 0.00000144. The topological polar surface area (TPSA) is 29.1 Å². The van der Waals surface area contributed by atoms with E-state index in [1.165, 1.54) is 0 Å². The molecule has 0 aliphatic rings. The molecule has 0 saturated carbocycles. The summed E-state index contributed by atoms with van der Waals surface area (Å²) in [6, 6.07) is 9.18. The van der Waals surface area contributed by atoms with E-state index in [0.717, 1.165) is 5.33 Å². The number of alkyl halides is 1. The molecule has 0 spiro atoms. The number of hydrogen-bond acceptors (Lipinski definition) is 1. The van der Waals surface area contributed by atoms with Crippen molar-refractivity contribution >= 4 is 38.8 Å². The first-order valence-corrected chi connectivity index (χ1v) is 4.86. The van der Waals surface area contributed by atoms with Crippen LogP contribution in [0.4, 0.5) is 0 Å². The van der Waals surface area contributed by atoms with E-state index in [1.54, 1.807) is 12.1 Å². The molecular formula is C9H11Br2NO. The van der Waals surface area contributed by atoms with Gasteiger partial charge < -0.3 is 5.32 Å². The molecule has 1 rings (SSSR count). The number of halogens is 2. The number of hydrogen-bond donors (Lipinski definition) is 1. The van der Waals surface area contributed by atoms with Crippen LogP contribution in [-0.4, -0.2) is 17.8 Å². The first-order chi connectivity index (χ1) is 5.84. The lowest BCUT2D eigenvalue weighted by atomic mass is 10.2. The maximum atomic E-state index is 11.3. The summed E-state index contributed by atoms with van der Waals surface area (Å²) in [4.78, 5) is 11.3. The first kappa shape index (κ1) is 12.7. The van der Waals surface area contributed by atoms with Crippen molar-refractivity contribution in [2.24, 2.45) is 0 Å². The summed E-state index contributed by atoms with van der Waals surface area (Å²) in [5.74, 6) is -0.0185. The molecule has 13 heavy (non-hydrogen) atoms. The molecule has 1 N–H and O–H groups in total. The van der Waals surface area contributed by atoms with Gasteiger partial charge >= 0.3 is 0 Å². The fourth-order valence-electron chi connectivity index (χ4n) is 0.852. The molecule has 4 heteroatoms. The van der Waals surface area contributed by atoms with Crippen molar-refractivity contribution in [3.05, 3.63) is 35.9 Å². The quantitative estimate of drug-likeness (QED) is 0.854. The first-order valence-electron chi connectivity index (χ1n) is 3.74. The van der Waals surface area contributed by atoms with Gasteiger partial charge in [0.25, 0.3) is 5.91 Å². The van der Waals surface area contributed by atoms with Crippen LogP contribution < -0.4 is 5.32 Å². The van der Waals surface area contributed by atoms with Gasteiger partial charge in [-0.05, 0) is 12.1 Å². The molecule has 0 heterocycles. The summed E-state index contributed by atoms with van der Waals surface area (Å²) in [7, 11) is 0. The lowest BCUT2D eigenvalue weighted by Crippen LogP contribution is -2.24. The minimum Gasteiger partial charge on any atom is -0.351 e. The summed E-state index contributed by atoms with van der Waals surface area (Å²) >= 11 is 3.24. The average molecular weight is 309 g/mol. The fraction of sp³-hybridized carbons (Fsp3) is 0.222. The lowest BCUT2D eigenvalue weighted by molar-refractivity contribution is 0.0956. The molecule has 2 nitrogen and oxygen atoms in total. The maximum absolute atomic E-state index is 11.3. The molecule has 0 radical (unpaired) electrons. The van der Waals surface area contributed by atoms with Crippen LogP contribution in [0.2, 0.25) is 0 Å². The van der Waals surface area contributed by atoms with E-state index in [9.17, 15) is 4.79 Å². The molecule has 0 fully saturated rings. The molecule has 1 aromatic carbocycles. The van der Waals surface area contributed by atoms with Crippen LogP contribution in [0.25, 0.3) is 0 Å². The van der Waals surface area contributed by atoms with Crippen LogP contribution in [0.15, 0.2) is 30.3 Å². The number of nitrogens with one attached hydrogen (secondary N) is 1. The third kappa shape index (κ3) is 4.43. The average Bonchev–Trinajstić information content (AvgIpc) is 2.15. The van der Waals surface area contributed by atoms with Crippen molar-refractivity contribution in [2.45, 2.75) is 0 Å². The second kappa shape index (κ2) is 7.09. The van der Waals surface area contributed by atoms with E-state index in [2.05, 4.69) is 21.2 Å². The minimum atomic E-state index is -0.0185. The van der Waals surface area contributed by atoms with E-state index in [-0.39, 0.29) is 22.9 Å². The van der Waals surface area contributed by atoms with E-state index < -0.39 is 0 Å². The van der Waals surface area contributed by atoms with Gasteiger partial charge in [0.05, 0.1) is 0 Å². The zero-order valence-electron chi connectivity index (χ0n) is 7.00. The number of rotatable bonds is 3. The van der Waals surface area contributed by atoms with Gasteiger partial charge in [0, 0.05) is 17.4 Å². The normalized spacial score (nSPS) is 8.69. The van der Waals surface area contributed by atoms with Gasteiger partial charge in [-0.3, -0.25) is 4.79 Å². The van der Waals surface area contributed by atoms with Gasteiger partial charge in [-0.25, -0.2) is 0 Å². The van der Waals surface area contributed by atoms with Gasteiger partial charge in [-0.1, -0.05) is 34.1 Å². The second-order valence-corrected chi connectivity index (χ2v) is 3.10. The van der Waals surface area contributed by atoms with E-state index in [1.807, 2.05) is 18.2 Å². The summed E-state index contributed by atoms with van der Waals surface area (Å²) in [5.41, 5.74) is 0.707. The molecule has 0 aliphatic carbocycles. The van der Waals surface area contributed by atoms with Crippen LogP contribution in [0, 0.1) is 0 Å². The van der Waals surface area contributed by atoms with E-state index >= 15 is 0 Å².